The van der Waals surface area contributed by atoms with Gasteiger partial charge in [-0.15, -0.1) is 0 Å². The molecule has 1 saturated carbocycles. The first-order chi connectivity index (χ1) is 9.56. The van der Waals surface area contributed by atoms with Gasteiger partial charge in [-0.05, 0) is 58.7 Å². The van der Waals surface area contributed by atoms with Crippen LogP contribution in [0.3, 0.4) is 0 Å². The van der Waals surface area contributed by atoms with Crippen LogP contribution in [0.1, 0.15) is 51.5 Å². The summed E-state index contributed by atoms with van der Waals surface area (Å²) in [6.07, 6.45) is 6.59. The van der Waals surface area contributed by atoms with Crippen molar-refractivity contribution >= 4 is 21.6 Å². The number of nitrogens with one attached hydrogen (secondary N) is 1. The molecule has 2 rings (SSSR count). The molecule has 0 saturated heterocycles. The van der Waals surface area contributed by atoms with Gasteiger partial charge < -0.3 is 5.32 Å². The fraction of sp³-hybridized carbons (Fsp3) is 0.588. The molecule has 0 aliphatic heterocycles. The fourth-order valence-corrected chi connectivity index (χ4v) is 3.97. The molecule has 0 radical (unpaired) electrons. The molecule has 20 heavy (non-hydrogen) atoms. The van der Waals surface area contributed by atoms with Crippen molar-refractivity contribution < 1.29 is 0 Å². The van der Waals surface area contributed by atoms with E-state index in [1.54, 1.807) is 0 Å². The molecule has 1 aliphatic carbocycles. The summed E-state index contributed by atoms with van der Waals surface area (Å²) < 4.78 is 0.870. The van der Waals surface area contributed by atoms with E-state index in [1.165, 1.54) is 32.1 Å². The molecule has 0 aromatic heterocycles. The molecule has 0 unspecified atom stereocenters. The second kappa shape index (κ2) is 6.63. The van der Waals surface area contributed by atoms with Crippen LogP contribution in [0, 0.1) is 22.7 Å². The smallest absolute Gasteiger partial charge is 0.103 e. The van der Waals surface area contributed by atoms with Crippen molar-refractivity contribution in [3.05, 3.63) is 28.2 Å². The van der Waals surface area contributed by atoms with E-state index in [1.807, 2.05) is 18.2 Å². The van der Waals surface area contributed by atoms with Crippen molar-refractivity contribution in [2.45, 2.75) is 46.0 Å². The highest BCUT2D eigenvalue weighted by molar-refractivity contribution is 9.10. The Morgan fingerprint density at radius 1 is 1.35 bits per heavy atom. The first kappa shape index (κ1) is 15.4. The van der Waals surface area contributed by atoms with Gasteiger partial charge in [0, 0.05) is 11.0 Å². The number of benzene rings is 1. The minimum atomic E-state index is 0.420. The predicted octanol–water partition coefficient (Wildman–Crippen LogP) is 5.34. The third-order valence-corrected chi connectivity index (χ3v) is 4.95. The summed E-state index contributed by atoms with van der Waals surface area (Å²) in [4.78, 5) is 0. The number of nitriles is 1. The number of hydrogen-bond donors (Lipinski definition) is 1. The Bertz CT molecular complexity index is 496. The predicted molar refractivity (Wildman–Crippen MR) is 87.7 cm³/mol. The highest BCUT2D eigenvalue weighted by Crippen LogP contribution is 2.43. The molecule has 1 fully saturated rings. The summed E-state index contributed by atoms with van der Waals surface area (Å²) in [6, 6.07) is 8.19. The van der Waals surface area contributed by atoms with Gasteiger partial charge in [-0.3, -0.25) is 0 Å². The van der Waals surface area contributed by atoms with Gasteiger partial charge in [-0.25, -0.2) is 0 Å². The third kappa shape index (κ3) is 3.55. The van der Waals surface area contributed by atoms with Crippen molar-refractivity contribution in [2.75, 3.05) is 11.9 Å². The van der Waals surface area contributed by atoms with Crippen molar-refractivity contribution in [3.8, 4) is 6.07 Å². The molecule has 0 amide bonds. The van der Waals surface area contributed by atoms with E-state index < -0.39 is 0 Å². The average molecular weight is 335 g/mol. The van der Waals surface area contributed by atoms with Crippen molar-refractivity contribution in [3.63, 3.8) is 0 Å². The van der Waals surface area contributed by atoms with E-state index in [0.717, 1.165) is 22.6 Å². The van der Waals surface area contributed by atoms with Gasteiger partial charge in [0.25, 0.3) is 0 Å². The van der Waals surface area contributed by atoms with Crippen LogP contribution in [-0.2, 0) is 0 Å². The molecule has 1 N–H and O–H groups in total. The second-order valence-electron chi connectivity index (χ2n) is 6.43. The number of halogens is 1. The van der Waals surface area contributed by atoms with Gasteiger partial charge in [-0.2, -0.15) is 5.26 Å². The lowest BCUT2D eigenvalue weighted by atomic mass is 9.78. The number of hydrogen-bond acceptors (Lipinski definition) is 2. The molecule has 0 heterocycles. The Hall–Kier alpha value is -1.01. The standard InChI is InChI=1S/C17H23BrN2/c1-13(2)10-17(8-3-4-9-17)12-20-16-7-5-6-15(18)14(16)11-19/h5-7,13,20H,3-4,8-10,12H2,1-2H3. The molecule has 108 valence electrons. The Kier molecular flexibility index (Phi) is 5.10. The lowest BCUT2D eigenvalue weighted by Crippen LogP contribution is -2.28. The lowest BCUT2D eigenvalue weighted by molar-refractivity contribution is 0.252. The van der Waals surface area contributed by atoms with E-state index in [0.29, 0.717) is 11.0 Å². The minimum Gasteiger partial charge on any atom is -0.383 e. The van der Waals surface area contributed by atoms with Crippen molar-refractivity contribution in [1.82, 2.24) is 0 Å². The van der Waals surface area contributed by atoms with Gasteiger partial charge >= 0.3 is 0 Å². The Morgan fingerprint density at radius 3 is 2.65 bits per heavy atom. The lowest BCUT2D eigenvalue weighted by Gasteiger charge is -2.31. The monoisotopic (exact) mass is 334 g/mol. The molecule has 0 atom stereocenters. The second-order valence-corrected chi connectivity index (χ2v) is 7.29. The van der Waals surface area contributed by atoms with E-state index in [4.69, 9.17) is 0 Å². The summed E-state index contributed by atoms with van der Waals surface area (Å²) in [7, 11) is 0. The topological polar surface area (TPSA) is 35.8 Å². The van der Waals surface area contributed by atoms with Crippen molar-refractivity contribution in [2.24, 2.45) is 11.3 Å². The normalized spacial score (nSPS) is 17.1. The largest absolute Gasteiger partial charge is 0.383 e. The molecule has 0 bridgehead atoms. The number of rotatable bonds is 5. The minimum absolute atomic E-state index is 0.420. The highest BCUT2D eigenvalue weighted by atomic mass is 79.9. The van der Waals surface area contributed by atoms with Gasteiger partial charge in [0.1, 0.15) is 6.07 Å². The van der Waals surface area contributed by atoms with Gasteiger partial charge in [0.15, 0.2) is 0 Å². The van der Waals surface area contributed by atoms with Crippen LogP contribution in [0.2, 0.25) is 0 Å². The average Bonchev–Trinajstić information content (AvgIpc) is 2.84. The van der Waals surface area contributed by atoms with Crippen LogP contribution < -0.4 is 5.32 Å². The molecule has 1 aromatic rings. The van der Waals surface area contributed by atoms with Crippen LogP contribution in [-0.4, -0.2) is 6.54 Å². The molecule has 3 heteroatoms. The maximum atomic E-state index is 9.28. The molecule has 1 aliphatic rings. The third-order valence-electron chi connectivity index (χ3n) is 4.28. The zero-order valence-corrected chi connectivity index (χ0v) is 14.0. The summed E-state index contributed by atoms with van der Waals surface area (Å²) in [6.45, 7) is 5.59. The Balaban J connectivity index is 2.11. The van der Waals surface area contributed by atoms with Gasteiger partial charge in [0.2, 0.25) is 0 Å². The van der Waals surface area contributed by atoms with Crippen LogP contribution in [0.25, 0.3) is 0 Å². The molecule has 1 aromatic carbocycles. The van der Waals surface area contributed by atoms with Crippen LogP contribution >= 0.6 is 15.9 Å². The zero-order valence-electron chi connectivity index (χ0n) is 12.4. The van der Waals surface area contributed by atoms with E-state index in [-0.39, 0.29) is 0 Å². The van der Waals surface area contributed by atoms with Crippen LogP contribution in [0.4, 0.5) is 5.69 Å². The maximum Gasteiger partial charge on any atom is 0.103 e. The SMILES string of the molecule is CC(C)CC1(CNc2cccc(Br)c2C#N)CCCC1. The highest BCUT2D eigenvalue weighted by Gasteiger charge is 2.34. The maximum absolute atomic E-state index is 9.28. The van der Waals surface area contributed by atoms with E-state index >= 15 is 0 Å². The van der Waals surface area contributed by atoms with E-state index in [9.17, 15) is 5.26 Å². The number of anilines is 1. The summed E-state index contributed by atoms with van der Waals surface area (Å²) >= 11 is 3.45. The Labute approximate surface area is 130 Å². The van der Waals surface area contributed by atoms with Crippen molar-refractivity contribution in [1.29, 1.82) is 5.26 Å². The molecule has 2 nitrogen and oxygen atoms in total. The number of nitrogens with zero attached hydrogens (tertiary/aromatic N) is 1. The first-order valence-corrected chi connectivity index (χ1v) is 8.28. The zero-order chi connectivity index (χ0) is 14.6. The van der Waals surface area contributed by atoms with Crippen LogP contribution in [0.15, 0.2) is 22.7 Å². The molecule has 0 spiro atoms. The first-order valence-electron chi connectivity index (χ1n) is 7.49. The van der Waals surface area contributed by atoms with E-state index in [2.05, 4.69) is 41.2 Å². The fourth-order valence-electron chi connectivity index (χ4n) is 3.51. The van der Waals surface area contributed by atoms with Gasteiger partial charge in [-0.1, -0.05) is 32.8 Å². The quantitative estimate of drug-likeness (QED) is 0.788. The molecular weight excluding hydrogens is 312 g/mol. The van der Waals surface area contributed by atoms with Crippen LogP contribution in [0.5, 0.6) is 0 Å². The summed E-state index contributed by atoms with van der Waals surface area (Å²) in [5.41, 5.74) is 2.09. The summed E-state index contributed by atoms with van der Waals surface area (Å²) in [5.74, 6) is 0.729. The summed E-state index contributed by atoms with van der Waals surface area (Å²) in [5, 5.41) is 12.8. The van der Waals surface area contributed by atoms with Gasteiger partial charge in [0.05, 0.1) is 11.3 Å². The Morgan fingerprint density at radius 2 is 2.05 bits per heavy atom. The molecular formula is C17H23BrN2.